The Morgan fingerprint density at radius 3 is 2.71 bits per heavy atom. The van der Waals surface area contributed by atoms with Gasteiger partial charge in [-0.3, -0.25) is 0 Å². The van der Waals surface area contributed by atoms with Crippen molar-refractivity contribution >= 4 is 5.69 Å². The highest BCUT2D eigenvalue weighted by Crippen LogP contribution is 2.24. The minimum absolute atomic E-state index is 0.308. The van der Waals surface area contributed by atoms with Crippen LogP contribution in [0.2, 0.25) is 0 Å². The van der Waals surface area contributed by atoms with E-state index in [4.69, 9.17) is 11.0 Å². The summed E-state index contributed by atoms with van der Waals surface area (Å²) >= 11 is 0. The number of rotatable bonds is 2. The van der Waals surface area contributed by atoms with Gasteiger partial charge in [0.25, 0.3) is 6.43 Å². The van der Waals surface area contributed by atoms with Gasteiger partial charge < -0.3 is 5.73 Å². The lowest BCUT2D eigenvalue weighted by molar-refractivity contribution is 0.146. The average Bonchev–Trinajstić information content (AvgIpc) is 2.09. The zero-order valence-electron chi connectivity index (χ0n) is 6.97. The summed E-state index contributed by atoms with van der Waals surface area (Å²) < 4.78 is 37.4. The van der Waals surface area contributed by atoms with Crippen molar-refractivity contribution in [1.29, 1.82) is 5.26 Å². The molecule has 3 nitrogen and oxygen atoms in total. The van der Waals surface area contributed by atoms with E-state index in [-0.39, 0.29) is 12.1 Å². The molecule has 1 aromatic heterocycles. The van der Waals surface area contributed by atoms with Crippen molar-refractivity contribution in [1.82, 2.24) is 4.98 Å². The van der Waals surface area contributed by atoms with Gasteiger partial charge >= 0.3 is 0 Å². The van der Waals surface area contributed by atoms with Crippen molar-refractivity contribution in [3.63, 3.8) is 0 Å². The lowest BCUT2D eigenvalue weighted by Gasteiger charge is -2.05. The first kappa shape index (κ1) is 10.3. The number of halogens is 3. The Morgan fingerprint density at radius 1 is 1.57 bits per heavy atom. The van der Waals surface area contributed by atoms with Gasteiger partial charge in [0.15, 0.2) is 0 Å². The molecule has 0 aliphatic heterocycles. The highest BCUT2D eigenvalue weighted by molar-refractivity contribution is 5.44. The van der Waals surface area contributed by atoms with Gasteiger partial charge in [-0.15, -0.1) is 0 Å². The van der Waals surface area contributed by atoms with Crippen LogP contribution in [-0.2, 0) is 6.42 Å². The molecule has 0 aromatic carbocycles. The molecule has 0 aliphatic rings. The quantitative estimate of drug-likeness (QED) is 0.793. The molecule has 0 saturated carbocycles. The monoisotopic (exact) mass is 201 g/mol. The third-order valence-corrected chi connectivity index (χ3v) is 1.56. The van der Waals surface area contributed by atoms with E-state index in [1.54, 1.807) is 6.07 Å². The third-order valence-electron chi connectivity index (χ3n) is 1.56. The zero-order chi connectivity index (χ0) is 10.7. The van der Waals surface area contributed by atoms with Crippen LogP contribution in [0.3, 0.4) is 0 Å². The molecule has 2 N–H and O–H groups in total. The van der Waals surface area contributed by atoms with Gasteiger partial charge in [0, 0.05) is 6.07 Å². The van der Waals surface area contributed by atoms with Crippen LogP contribution in [-0.4, -0.2) is 4.98 Å². The highest BCUT2D eigenvalue weighted by atomic mass is 19.3. The van der Waals surface area contributed by atoms with E-state index in [0.29, 0.717) is 0 Å². The van der Waals surface area contributed by atoms with Gasteiger partial charge in [-0.2, -0.15) is 5.26 Å². The number of hydrogen-bond acceptors (Lipinski definition) is 3. The van der Waals surface area contributed by atoms with Crippen LogP contribution in [0.5, 0.6) is 0 Å². The summed E-state index contributed by atoms with van der Waals surface area (Å²) in [6, 6.07) is 2.37. The van der Waals surface area contributed by atoms with Gasteiger partial charge in [-0.05, 0) is 0 Å². The Hall–Kier alpha value is -1.77. The Bertz CT molecular complexity index is 384. The van der Waals surface area contributed by atoms with Crippen molar-refractivity contribution in [3.8, 4) is 6.07 Å². The van der Waals surface area contributed by atoms with Gasteiger partial charge in [0.05, 0.1) is 23.9 Å². The highest BCUT2D eigenvalue weighted by Gasteiger charge is 2.16. The van der Waals surface area contributed by atoms with Gasteiger partial charge in [0.2, 0.25) is 0 Å². The van der Waals surface area contributed by atoms with Crippen molar-refractivity contribution in [3.05, 3.63) is 23.3 Å². The van der Waals surface area contributed by atoms with Crippen molar-refractivity contribution in [2.24, 2.45) is 0 Å². The lowest BCUT2D eigenvalue weighted by atomic mass is 10.2. The van der Waals surface area contributed by atoms with Crippen LogP contribution in [0, 0.1) is 17.1 Å². The summed E-state index contributed by atoms with van der Waals surface area (Å²) in [6.07, 6.45) is -3.22. The molecular weight excluding hydrogens is 195 g/mol. The number of pyridine rings is 1. The molecule has 0 unspecified atom stereocenters. The average molecular weight is 201 g/mol. The molecule has 0 saturated heterocycles. The van der Waals surface area contributed by atoms with E-state index in [1.807, 2.05) is 0 Å². The second kappa shape index (κ2) is 3.96. The molecule has 6 heteroatoms. The number of anilines is 1. The molecule has 1 rings (SSSR count). The maximum absolute atomic E-state index is 12.9. The number of nitriles is 1. The fourth-order valence-electron chi connectivity index (χ4n) is 0.931. The molecular formula is C8H6F3N3. The maximum Gasteiger partial charge on any atom is 0.282 e. The van der Waals surface area contributed by atoms with Crippen LogP contribution in [0.4, 0.5) is 18.9 Å². The second-order valence-electron chi connectivity index (χ2n) is 2.53. The van der Waals surface area contributed by atoms with Crippen LogP contribution < -0.4 is 5.73 Å². The van der Waals surface area contributed by atoms with E-state index in [2.05, 4.69) is 4.98 Å². The normalized spacial score (nSPS) is 10.2. The Morgan fingerprint density at radius 2 is 2.21 bits per heavy atom. The maximum atomic E-state index is 12.9. The van der Waals surface area contributed by atoms with Crippen LogP contribution >= 0.6 is 0 Å². The number of nitrogens with two attached hydrogens (primary N) is 1. The van der Waals surface area contributed by atoms with Crippen molar-refractivity contribution in [2.45, 2.75) is 12.8 Å². The number of nitrogens with zero attached hydrogens (tertiary/aromatic N) is 2. The topological polar surface area (TPSA) is 62.7 Å². The fourth-order valence-corrected chi connectivity index (χ4v) is 0.931. The number of hydrogen-bond donors (Lipinski definition) is 1. The third kappa shape index (κ3) is 1.93. The molecule has 0 bridgehead atoms. The zero-order valence-corrected chi connectivity index (χ0v) is 6.97. The van der Waals surface area contributed by atoms with E-state index < -0.39 is 23.6 Å². The summed E-state index contributed by atoms with van der Waals surface area (Å²) in [5.41, 5.74) is 3.73. The summed E-state index contributed by atoms with van der Waals surface area (Å²) in [7, 11) is 0. The van der Waals surface area contributed by atoms with E-state index in [9.17, 15) is 13.2 Å². The number of aromatic nitrogens is 1. The molecule has 0 atom stereocenters. The Labute approximate surface area is 78.0 Å². The molecule has 0 radical (unpaired) electrons. The minimum Gasteiger partial charge on any atom is -0.397 e. The SMILES string of the molecule is N#CCc1nc(C(F)F)c(N)cc1F. The first-order valence-electron chi connectivity index (χ1n) is 3.66. The molecule has 0 amide bonds. The molecule has 0 aliphatic carbocycles. The lowest BCUT2D eigenvalue weighted by Crippen LogP contribution is -2.04. The molecule has 74 valence electrons. The molecule has 1 aromatic rings. The Kier molecular flexibility index (Phi) is 2.92. The Balaban J connectivity index is 3.21. The van der Waals surface area contributed by atoms with Crippen molar-refractivity contribution in [2.75, 3.05) is 5.73 Å². The minimum atomic E-state index is -2.87. The summed E-state index contributed by atoms with van der Waals surface area (Å²) in [5, 5.41) is 8.27. The molecule has 0 fully saturated rings. The van der Waals surface area contributed by atoms with Crippen molar-refractivity contribution < 1.29 is 13.2 Å². The van der Waals surface area contributed by atoms with Gasteiger partial charge in [-0.25, -0.2) is 18.2 Å². The fraction of sp³-hybridized carbons (Fsp3) is 0.250. The predicted molar refractivity (Wildman–Crippen MR) is 42.9 cm³/mol. The number of nitrogen functional groups attached to an aromatic ring is 1. The van der Waals surface area contributed by atoms with Gasteiger partial charge in [0.1, 0.15) is 11.5 Å². The predicted octanol–water partition coefficient (Wildman–Crippen LogP) is 1.81. The van der Waals surface area contributed by atoms with Crippen LogP contribution in [0.1, 0.15) is 17.8 Å². The standard InChI is InChI=1S/C8H6F3N3/c9-4-3-5(13)7(8(10)11)14-6(4)1-2-12/h3,8H,1,13H2. The summed E-state index contributed by atoms with van der Waals surface area (Å²) in [5.74, 6) is -0.839. The first-order valence-corrected chi connectivity index (χ1v) is 3.66. The summed E-state index contributed by atoms with van der Waals surface area (Å²) in [6.45, 7) is 0. The van der Waals surface area contributed by atoms with Crippen LogP contribution in [0.25, 0.3) is 0 Å². The van der Waals surface area contributed by atoms with E-state index in [1.165, 1.54) is 0 Å². The first-order chi connectivity index (χ1) is 6.56. The van der Waals surface area contributed by atoms with E-state index >= 15 is 0 Å². The smallest absolute Gasteiger partial charge is 0.282 e. The largest absolute Gasteiger partial charge is 0.397 e. The van der Waals surface area contributed by atoms with Gasteiger partial charge in [-0.1, -0.05) is 0 Å². The van der Waals surface area contributed by atoms with Crippen LogP contribution in [0.15, 0.2) is 6.07 Å². The second-order valence-corrected chi connectivity index (χ2v) is 2.53. The van der Waals surface area contributed by atoms with E-state index in [0.717, 1.165) is 6.07 Å². The molecule has 0 spiro atoms. The number of alkyl halides is 2. The molecule has 14 heavy (non-hydrogen) atoms. The molecule has 1 heterocycles. The summed E-state index contributed by atoms with van der Waals surface area (Å²) in [4.78, 5) is 3.29.